The van der Waals surface area contributed by atoms with Crippen molar-refractivity contribution in [2.24, 2.45) is 0 Å². The van der Waals surface area contributed by atoms with Gasteiger partial charge in [-0.15, -0.1) is 0 Å². The van der Waals surface area contributed by atoms with E-state index in [1.165, 1.54) is 0 Å². The van der Waals surface area contributed by atoms with Crippen LogP contribution in [0.2, 0.25) is 0 Å². The third-order valence-electron chi connectivity index (χ3n) is 0. The molecule has 0 aromatic heterocycles. The first-order chi connectivity index (χ1) is 4.00. The zero-order valence-corrected chi connectivity index (χ0v) is 9.94. The second-order valence-electron chi connectivity index (χ2n) is 0.816. The van der Waals surface area contributed by atoms with Gasteiger partial charge in [0, 0.05) is 0 Å². The summed E-state index contributed by atoms with van der Waals surface area (Å²) in [4.78, 5) is 0. The summed E-state index contributed by atoms with van der Waals surface area (Å²) < 4.78 is 68.8. The molecule has 0 atom stereocenters. The van der Waals surface area contributed by atoms with Crippen LogP contribution in [0.15, 0.2) is 0 Å². The van der Waals surface area contributed by atoms with Gasteiger partial charge in [-0.05, 0) is 0 Å². The van der Waals surface area contributed by atoms with E-state index in [2.05, 4.69) is 0 Å². The van der Waals surface area contributed by atoms with Crippen molar-refractivity contribution >= 4 is 0 Å². The molecule has 0 spiro atoms. The molecule has 0 rings (SSSR count). The first-order valence-corrected chi connectivity index (χ1v) is 5.50. The Morgan fingerprint density at radius 3 is 0.615 bits per heavy atom. The van der Waals surface area contributed by atoms with Crippen LogP contribution < -0.4 is 28.9 Å². The van der Waals surface area contributed by atoms with Crippen LogP contribution in [0, 0.1) is 0 Å². The van der Waals surface area contributed by atoms with E-state index in [-0.39, 0.29) is 28.8 Å². The fourth-order valence-corrected chi connectivity index (χ4v) is 0. The van der Waals surface area contributed by atoms with Crippen LogP contribution in [0.25, 0.3) is 0 Å². The fourth-order valence-electron chi connectivity index (χ4n) is 0. The van der Waals surface area contributed by atoms with E-state index in [1.807, 2.05) is 0 Å². The van der Waals surface area contributed by atoms with Gasteiger partial charge in [-0.2, -0.15) is 0 Å². The quantitative estimate of drug-likeness (QED) is 0.410. The average molecular weight is 327 g/mol. The van der Waals surface area contributed by atoms with Crippen molar-refractivity contribution < 1.29 is 75.6 Å². The van der Waals surface area contributed by atoms with Crippen LogP contribution in [-0.4, -0.2) is 0 Å². The van der Waals surface area contributed by atoms with E-state index in [0.29, 0.717) is 0 Å². The summed E-state index contributed by atoms with van der Waals surface area (Å²) in [7, 11) is 0. The Hall–Kier alpha value is 0.518. The van der Waals surface area contributed by atoms with Crippen LogP contribution in [0.5, 0.6) is 0 Å². The molecule has 0 saturated carbocycles. The molecule has 0 aromatic carbocycles. The van der Waals surface area contributed by atoms with Crippen LogP contribution >= 0.6 is 0 Å². The number of quaternary nitrogens is 2. The summed E-state index contributed by atoms with van der Waals surface area (Å²) in [6.45, 7) is 0. The van der Waals surface area contributed by atoms with E-state index >= 15 is 0 Å². The molecule has 0 saturated heterocycles. The van der Waals surface area contributed by atoms with Crippen LogP contribution in [0.4, 0.5) is 0 Å². The van der Waals surface area contributed by atoms with Gasteiger partial charge in [-0.25, -0.2) is 0 Å². The Labute approximate surface area is 87.8 Å². The Morgan fingerprint density at radius 1 is 0.615 bits per heavy atom. The zero-order valence-electron chi connectivity index (χ0n) is 6.40. The molecular weight excluding hydrogens is 319 g/mol. The molecule has 0 aliphatic heterocycles. The van der Waals surface area contributed by atoms with Crippen molar-refractivity contribution in [2.75, 3.05) is 0 Å². The summed E-state index contributed by atoms with van der Waals surface area (Å²) in [6, 6.07) is 0. The Bertz CT molecular complexity index is 217. The van der Waals surface area contributed by atoms with E-state index in [9.17, 15) is 0 Å². The van der Waals surface area contributed by atoms with E-state index in [4.69, 9.17) is 31.8 Å². The van der Waals surface area contributed by atoms with Gasteiger partial charge in [0.25, 0.3) is 0 Å². The van der Waals surface area contributed by atoms with E-state index in [1.54, 1.807) is 0 Å². The van der Waals surface area contributed by atoms with Gasteiger partial charge < -0.3 is 12.3 Å². The van der Waals surface area contributed by atoms with Gasteiger partial charge in [0.05, 0.1) is 0 Å². The predicted molar refractivity (Wildman–Crippen MR) is 14.7 cm³/mol. The van der Waals surface area contributed by atoms with Crippen molar-refractivity contribution in [3.8, 4) is 0 Å². The number of hydrogen-bond acceptors (Lipinski definition) is 8. The Balaban J connectivity index is -0.0000000267. The molecule has 8 N–H and O–H groups in total. The molecule has 88 valence electrons. The van der Waals surface area contributed by atoms with Crippen molar-refractivity contribution in [1.82, 2.24) is 12.3 Å². The monoisotopic (exact) mass is 326 g/mol. The van der Waals surface area contributed by atoms with Gasteiger partial charge in [0.2, 0.25) is 0 Å². The molecule has 0 heterocycles. The van der Waals surface area contributed by atoms with Crippen LogP contribution in [0.3, 0.4) is 0 Å². The van der Waals surface area contributed by atoms with Gasteiger partial charge in [0.1, 0.15) is 0 Å². The van der Waals surface area contributed by atoms with Crippen LogP contribution in [0.1, 0.15) is 0 Å². The minimum atomic E-state index is -5.75. The summed E-state index contributed by atoms with van der Waals surface area (Å²) in [5.74, 6) is 0. The average Bonchev–Trinajstić information content (AvgIpc) is 1.12. The molecule has 0 unspecified atom stereocenters. The zero-order chi connectivity index (χ0) is 9.00. The SMILES string of the molecule is [NH4+].[NH4+].[Ni+2].[O]=[Cr](=[O])([O-])[O-].[O]=[Cr](=[O])([O-])[O-]. The van der Waals surface area contributed by atoms with Gasteiger partial charge in [0.15, 0.2) is 0 Å². The maximum absolute atomic E-state index is 8.59. The van der Waals surface area contributed by atoms with Crippen LogP contribution in [-0.2, 0) is 58.9 Å². The van der Waals surface area contributed by atoms with Gasteiger partial charge >= 0.3 is 75.6 Å². The number of rotatable bonds is 0. The second kappa shape index (κ2) is 10.6. The molecule has 0 fully saturated rings. The molecule has 0 aliphatic rings. The Morgan fingerprint density at radius 2 is 0.615 bits per heavy atom. The molecule has 0 amide bonds. The third kappa shape index (κ3) is 5150. The van der Waals surface area contributed by atoms with Crippen molar-refractivity contribution in [1.29, 1.82) is 0 Å². The second-order valence-corrected chi connectivity index (χ2v) is 3.37. The van der Waals surface area contributed by atoms with Gasteiger partial charge in [-0.1, -0.05) is 0 Å². The fraction of sp³-hybridized carbons (Fsp3) is 0. The third-order valence-corrected chi connectivity index (χ3v) is 0. The van der Waals surface area contributed by atoms with Gasteiger partial charge in [-0.3, -0.25) is 0 Å². The maximum atomic E-state index is 8.59. The molecule has 0 bridgehead atoms. The summed E-state index contributed by atoms with van der Waals surface area (Å²) in [5.41, 5.74) is 0. The summed E-state index contributed by atoms with van der Waals surface area (Å²) in [6.07, 6.45) is 0. The molecule has 13 heavy (non-hydrogen) atoms. The molecule has 0 aromatic rings. The molecule has 10 nitrogen and oxygen atoms in total. The van der Waals surface area contributed by atoms with E-state index < -0.39 is 27.2 Å². The molecular formula is H8Cr2N2NiO8. The first kappa shape index (κ1) is 29.2. The molecule has 0 aliphatic carbocycles. The first-order valence-electron chi connectivity index (χ1n) is 1.33. The standard InChI is InChI=1S/2Cr.2H3N.Ni.8O/h;;2*1H3;;;;;;;;;/q;;;;+2;;;;;4*-1/p+2. The molecule has 0 radical (unpaired) electrons. The van der Waals surface area contributed by atoms with E-state index in [0.717, 1.165) is 0 Å². The minimum absolute atomic E-state index is 0. The predicted octanol–water partition coefficient (Wildman–Crippen LogP) is -4.49. The molecule has 13 heteroatoms. The Kier molecular flexibility index (Phi) is 23.8. The topological polar surface area (TPSA) is 234 Å². The van der Waals surface area contributed by atoms with Crippen molar-refractivity contribution in [3.63, 3.8) is 0 Å². The summed E-state index contributed by atoms with van der Waals surface area (Å²) in [5, 5.41) is 0. The van der Waals surface area contributed by atoms with Crippen molar-refractivity contribution in [3.05, 3.63) is 0 Å². The number of hydrogen-bond donors (Lipinski definition) is 2. The summed E-state index contributed by atoms with van der Waals surface area (Å²) >= 11 is -11.5. The van der Waals surface area contributed by atoms with Crippen molar-refractivity contribution in [2.45, 2.75) is 0 Å². The normalized spacial score (nSPS) is 8.92.